The third kappa shape index (κ3) is 3.46. The summed E-state index contributed by atoms with van der Waals surface area (Å²) in [5.41, 5.74) is 1.68. The maximum absolute atomic E-state index is 12.2. The highest BCUT2D eigenvalue weighted by Crippen LogP contribution is 2.30. The number of rotatable bonds is 4. The molecule has 2 aromatic rings. The molecule has 122 valence electrons. The van der Waals surface area contributed by atoms with Crippen LogP contribution in [0.3, 0.4) is 0 Å². The molecule has 0 aliphatic carbocycles. The van der Waals surface area contributed by atoms with Crippen LogP contribution in [0.4, 0.5) is 11.4 Å². The van der Waals surface area contributed by atoms with Gasteiger partial charge in [-0.15, -0.1) is 0 Å². The Labute approximate surface area is 144 Å². The second kappa shape index (κ2) is 6.84. The molecule has 1 aliphatic heterocycles. The molecule has 0 unspecified atom stereocenters. The van der Waals surface area contributed by atoms with Crippen molar-refractivity contribution >= 4 is 40.7 Å². The van der Waals surface area contributed by atoms with E-state index in [0.717, 1.165) is 10.5 Å². The molecule has 0 saturated carbocycles. The molecule has 2 aromatic carbocycles. The minimum Gasteiger partial charge on any atom is -0.324 e. The third-order valence-electron chi connectivity index (χ3n) is 3.74. The van der Waals surface area contributed by atoms with Gasteiger partial charge in [0.1, 0.15) is 0 Å². The maximum atomic E-state index is 12.2. The zero-order valence-corrected chi connectivity index (χ0v) is 13.5. The zero-order chi connectivity index (χ0) is 17.1. The molecule has 1 N–H and O–H groups in total. The molecular weight excluding hydrogens is 328 g/mol. The van der Waals surface area contributed by atoms with Crippen LogP contribution in [-0.2, 0) is 20.8 Å². The van der Waals surface area contributed by atoms with Crippen molar-refractivity contribution in [2.75, 3.05) is 10.2 Å². The Hall–Kier alpha value is -2.66. The number of benzene rings is 2. The van der Waals surface area contributed by atoms with Gasteiger partial charge in [-0.3, -0.25) is 19.3 Å². The summed E-state index contributed by atoms with van der Waals surface area (Å²) >= 11 is 6.12. The fraction of sp³-hybridized carbons (Fsp3) is 0.167. The van der Waals surface area contributed by atoms with Crippen molar-refractivity contribution < 1.29 is 14.4 Å². The number of hydrogen-bond acceptors (Lipinski definition) is 3. The Balaban J connectivity index is 1.78. The molecule has 5 nitrogen and oxygen atoms in total. The molecule has 3 amide bonds. The monoisotopic (exact) mass is 342 g/mol. The summed E-state index contributed by atoms with van der Waals surface area (Å²) in [6.45, 7) is 0. The smallest absolute Gasteiger partial charge is 0.234 e. The van der Waals surface area contributed by atoms with E-state index in [1.807, 2.05) is 30.3 Å². The average molecular weight is 343 g/mol. The van der Waals surface area contributed by atoms with Crippen molar-refractivity contribution in [1.29, 1.82) is 0 Å². The van der Waals surface area contributed by atoms with Crippen LogP contribution in [0.25, 0.3) is 0 Å². The molecule has 1 saturated heterocycles. The predicted molar refractivity (Wildman–Crippen MR) is 92.0 cm³/mol. The van der Waals surface area contributed by atoms with Crippen LogP contribution in [0, 0.1) is 0 Å². The molecule has 1 aliphatic rings. The summed E-state index contributed by atoms with van der Waals surface area (Å²) < 4.78 is 0. The number of amides is 3. The van der Waals surface area contributed by atoms with E-state index in [9.17, 15) is 14.4 Å². The molecule has 0 spiro atoms. The topological polar surface area (TPSA) is 66.5 Å². The summed E-state index contributed by atoms with van der Waals surface area (Å²) in [4.78, 5) is 37.0. The Bertz CT molecular complexity index is 789. The third-order valence-corrected chi connectivity index (χ3v) is 4.07. The summed E-state index contributed by atoms with van der Waals surface area (Å²) in [5, 5.41) is 3.08. The molecule has 0 bridgehead atoms. The van der Waals surface area contributed by atoms with Crippen LogP contribution < -0.4 is 10.2 Å². The molecule has 1 fully saturated rings. The lowest BCUT2D eigenvalue weighted by Gasteiger charge is -2.16. The lowest BCUT2D eigenvalue weighted by molar-refractivity contribution is -0.121. The van der Waals surface area contributed by atoms with Crippen LogP contribution in [0.15, 0.2) is 48.5 Å². The quantitative estimate of drug-likeness (QED) is 0.868. The summed E-state index contributed by atoms with van der Waals surface area (Å²) in [6.07, 6.45) is 0.622. The van der Waals surface area contributed by atoms with Crippen molar-refractivity contribution in [3.63, 3.8) is 0 Å². The number of carbonyl (C=O) groups excluding carboxylic acids is 3. The molecule has 3 rings (SSSR count). The van der Waals surface area contributed by atoms with Crippen LogP contribution in [0.2, 0.25) is 5.02 Å². The molecule has 0 aromatic heterocycles. The van der Waals surface area contributed by atoms with Gasteiger partial charge < -0.3 is 5.32 Å². The van der Waals surface area contributed by atoms with Gasteiger partial charge in [0.05, 0.1) is 22.8 Å². The first kappa shape index (κ1) is 16.2. The van der Waals surface area contributed by atoms with Gasteiger partial charge in [0.15, 0.2) is 0 Å². The van der Waals surface area contributed by atoms with Crippen molar-refractivity contribution in [2.45, 2.75) is 19.3 Å². The number of nitrogens with zero attached hydrogens (tertiary/aromatic N) is 1. The van der Waals surface area contributed by atoms with E-state index in [1.165, 1.54) is 0 Å². The van der Waals surface area contributed by atoms with E-state index >= 15 is 0 Å². The molecule has 0 atom stereocenters. The molecule has 0 radical (unpaired) electrons. The van der Waals surface area contributed by atoms with Crippen molar-refractivity contribution in [3.8, 4) is 0 Å². The van der Waals surface area contributed by atoms with Crippen molar-refractivity contribution in [3.05, 3.63) is 59.1 Å². The predicted octanol–water partition coefficient (Wildman–Crippen LogP) is 3.17. The van der Waals surface area contributed by atoms with Crippen LogP contribution >= 0.6 is 11.6 Å². The van der Waals surface area contributed by atoms with Crippen molar-refractivity contribution in [2.24, 2.45) is 0 Å². The van der Waals surface area contributed by atoms with Gasteiger partial charge >= 0.3 is 0 Å². The minimum atomic E-state index is -0.246. The first-order valence-electron chi connectivity index (χ1n) is 7.54. The Morgan fingerprint density at radius 1 is 1.04 bits per heavy atom. The Kier molecular flexibility index (Phi) is 4.62. The van der Waals surface area contributed by atoms with Crippen LogP contribution in [0.5, 0.6) is 0 Å². The lowest BCUT2D eigenvalue weighted by Crippen LogP contribution is -2.28. The molecular formula is C18H15ClN2O3. The number of hydrogen-bond donors (Lipinski definition) is 1. The SMILES string of the molecule is O=C(Cc1ccccc1)Nc1cc(N2C(=O)CCC2=O)ccc1Cl. The lowest BCUT2D eigenvalue weighted by atomic mass is 10.1. The normalized spacial score (nSPS) is 14.1. The van der Waals surface area contributed by atoms with E-state index in [0.29, 0.717) is 16.4 Å². The minimum absolute atomic E-state index is 0.206. The summed E-state index contributed by atoms with van der Waals surface area (Å²) in [7, 11) is 0. The number of carbonyl (C=O) groups is 3. The highest BCUT2D eigenvalue weighted by molar-refractivity contribution is 6.34. The number of anilines is 2. The van der Waals surface area contributed by atoms with Gasteiger partial charge in [-0.05, 0) is 23.8 Å². The number of imide groups is 1. The maximum Gasteiger partial charge on any atom is 0.234 e. The van der Waals surface area contributed by atoms with E-state index < -0.39 is 0 Å². The number of nitrogens with one attached hydrogen (secondary N) is 1. The first-order chi connectivity index (χ1) is 11.5. The van der Waals surface area contributed by atoms with Crippen LogP contribution in [-0.4, -0.2) is 17.7 Å². The first-order valence-corrected chi connectivity index (χ1v) is 7.91. The second-order valence-corrected chi connectivity index (χ2v) is 5.90. The largest absolute Gasteiger partial charge is 0.324 e. The fourth-order valence-corrected chi connectivity index (χ4v) is 2.75. The van der Waals surface area contributed by atoms with Gasteiger partial charge in [0.25, 0.3) is 0 Å². The molecule has 24 heavy (non-hydrogen) atoms. The standard InChI is InChI=1S/C18H15ClN2O3/c19-14-7-6-13(21-17(23)8-9-18(21)24)11-15(14)20-16(22)10-12-4-2-1-3-5-12/h1-7,11H,8-10H2,(H,20,22). The fourth-order valence-electron chi connectivity index (χ4n) is 2.59. The van der Waals surface area contributed by atoms with E-state index in [2.05, 4.69) is 5.32 Å². The zero-order valence-electron chi connectivity index (χ0n) is 12.8. The van der Waals surface area contributed by atoms with Crippen LogP contribution in [0.1, 0.15) is 18.4 Å². The van der Waals surface area contributed by atoms with Gasteiger partial charge in [0, 0.05) is 12.8 Å². The van der Waals surface area contributed by atoms with Gasteiger partial charge in [-0.1, -0.05) is 41.9 Å². The highest BCUT2D eigenvalue weighted by Gasteiger charge is 2.30. The summed E-state index contributed by atoms with van der Waals surface area (Å²) in [6, 6.07) is 14.0. The Morgan fingerprint density at radius 2 is 1.71 bits per heavy atom. The van der Waals surface area contributed by atoms with Gasteiger partial charge in [-0.2, -0.15) is 0 Å². The second-order valence-electron chi connectivity index (χ2n) is 5.50. The highest BCUT2D eigenvalue weighted by atomic mass is 35.5. The number of halogens is 1. The van der Waals surface area contributed by atoms with Gasteiger partial charge in [0.2, 0.25) is 17.7 Å². The van der Waals surface area contributed by atoms with E-state index in [1.54, 1.807) is 18.2 Å². The van der Waals surface area contributed by atoms with E-state index in [4.69, 9.17) is 11.6 Å². The molecule has 1 heterocycles. The van der Waals surface area contributed by atoms with E-state index in [-0.39, 0.29) is 37.0 Å². The Morgan fingerprint density at radius 3 is 2.38 bits per heavy atom. The van der Waals surface area contributed by atoms with Crippen molar-refractivity contribution in [1.82, 2.24) is 0 Å². The van der Waals surface area contributed by atoms with Gasteiger partial charge in [-0.25, -0.2) is 0 Å². The summed E-state index contributed by atoms with van der Waals surface area (Å²) in [5.74, 6) is -0.716. The molecule has 6 heteroatoms. The average Bonchev–Trinajstić information content (AvgIpc) is 2.89.